The van der Waals surface area contributed by atoms with Gasteiger partial charge in [-0.3, -0.25) is 4.79 Å². The first-order chi connectivity index (χ1) is 3.55. The largest absolute Gasteiger partial charge is 0.369 e. The van der Waals surface area contributed by atoms with Gasteiger partial charge in [-0.05, 0) is 5.92 Å². The van der Waals surface area contributed by atoms with Gasteiger partial charge >= 0.3 is 0 Å². The Bertz CT molecular complexity index is 88.5. The van der Waals surface area contributed by atoms with Gasteiger partial charge < -0.3 is 5.73 Å². The van der Waals surface area contributed by atoms with Crippen LogP contribution < -0.4 is 5.73 Å². The molecule has 0 aromatic carbocycles. The molecule has 0 radical (unpaired) electrons. The van der Waals surface area contributed by atoms with Gasteiger partial charge in [0.05, 0.1) is 0 Å². The molecule has 1 atom stereocenters. The highest BCUT2D eigenvalue weighted by atomic mass is 16.1. The van der Waals surface area contributed by atoms with E-state index in [2.05, 4.69) is 0 Å². The zero-order chi connectivity index (χ0) is 6.73. The highest BCUT2D eigenvalue weighted by Gasteiger charge is 2.11. The van der Waals surface area contributed by atoms with Crippen molar-refractivity contribution in [1.29, 1.82) is 0 Å². The zero-order valence-electron chi connectivity index (χ0n) is 5.64. The van der Waals surface area contributed by atoms with Crippen molar-refractivity contribution in [3.05, 3.63) is 0 Å². The molecule has 0 saturated carbocycles. The van der Waals surface area contributed by atoms with Crippen LogP contribution in [-0.4, -0.2) is 5.91 Å². The maximum absolute atomic E-state index is 10.4. The molecule has 0 rings (SSSR count). The van der Waals surface area contributed by atoms with E-state index in [4.69, 9.17) is 5.73 Å². The monoisotopic (exact) mass is 115 g/mol. The minimum absolute atomic E-state index is 0.00926. The van der Waals surface area contributed by atoms with Crippen LogP contribution in [0.15, 0.2) is 0 Å². The van der Waals surface area contributed by atoms with Gasteiger partial charge in [-0.15, -0.1) is 0 Å². The third-order valence-corrected chi connectivity index (χ3v) is 1.45. The first kappa shape index (κ1) is 7.47. The molecule has 0 fully saturated rings. The van der Waals surface area contributed by atoms with Crippen LogP contribution in [-0.2, 0) is 4.79 Å². The summed E-state index contributed by atoms with van der Waals surface area (Å²) in [6.07, 6.45) is 0. The zero-order valence-corrected chi connectivity index (χ0v) is 5.64. The molecule has 2 heteroatoms. The molecule has 0 bridgehead atoms. The van der Waals surface area contributed by atoms with Crippen LogP contribution in [0.25, 0.3) is 0 Å². The summed E-state index contributed by atoms with van der Waals surface area (Å²) in [4.78, 5) is 10.4. The van der Waals surface area contributed by atoms with E-state index < -0.39 is 0 Å². The Morgan fingerprint density at radius 3 is 1.75 bits per heavy atom. The Morgan fingerprint density at radius 1 is 1.38 bits per heavy atom. The molecule has 48 valence electrons. The van der Waals surface area contributed by atoms with Crippen molar-refractivity contribution in [1.82, 2.24) is 0 Å². The Labute approximate surface area is 50.1 Å². The smallest absolute Gasteiger partial charge is 0.220 e. The summed E-state index contributed by atoms with van der Waals surface area (Å²) in [6.45, 7) is 5.80. The predicted octanol–water partition coefficient (Wildman–Crippen LogP) is 0.764. The van der Waals surface area contributed by atoms with Gasteiger partial charge in [-0.25, -0.2) is 0 Å². The number of primary amides is 1. The number of carbonyl (C=O) groups is 1. The molecule has 0 aromatic heterocycles. The number of amides is 1. The van der Waals surface area contributed by atoms with Gasteiger partial charge in [0, 0.05) is 5.92 Å². The van der Waals surface area contributed by atoms with Gasteiger partial charge in [0.1, 0.15) is 0 Å². The number of hydrogen-bond donors (Lipinski definition) is 1. The minimum atomic E-state index is -0.208. The Hall–Kier alpha value is -0.530. The second kappa shape index (κ2) is 2.70. The molecule has 1 amide bonds. The van der Waals surface area contributed by atoms with Gasteiger partial charge in [0.25, 0.3) is 0 Å². The lowest BCUT2D eigenvalue weighted by Crippen LogP contribution is -2.24. The lowest BCUT2D eigenvalue weighted by atomic mass is 9.98. The predicted molar refractivity (Wildman–Crippen MR) is 33.2 cm³/mol. The van der Waals surface area contributed by atoms with Crippen LogP contribution in [0.5, 0.6) is 0 Å². The van der Waals surface area contributed by atoms with E-state index >= 15 is 0 Å². The van der Waals surface area contributed by atoms with E-state index in [1.165, 1.54) is 0 Å². The van der Waals surface area contributed by atoms with E-state index in [-0.39, 0.29) is 11.8 Å². The Morgan fingerprint density at radius 2 is 1.75 bits per heavy atom. The number of hydrogen-bond acceptors (Lipinski definition) is 1. The molecule has 0 spiro atoms. The van der Waals surface area contributed by atoms with Crippen LogP contribution in [0.4, 0.5) is 0 Å². The average molecular weight is 115 g/mol. The van der Waals surface area contributed by atoms with E-state index in [1.54, 1.807) is 0 Å². The number of nitrogens with two attached hydrogens (primary N) is 1. The number of rotatable bonds is 2. The highest BCUT2D eigenvalue weighted by Crippen LogP contribution is 2.06. The second-order valence-electron chi connectivity index (χ2n) is 2.44. The highest BCUT2D eigenvalue weighted by molar-refractivity contribution is 5.76. The molecule has 0 aliphatic carbocycles. The lowest BCUT2D eigenvalue weighted by Gasteiger charge is -2.09. The molecule has 8 heavy (non-hydrogen) atoms. The molecule has 2 N–H and O–H groups in total. The van der Waals surface area contributed by atoms with E-state index in [0.717, 1.165) is 0 Å². The molecule has 0 aliphatic rings. The van der Waals surface area contributed by atoms with Crippen molar-refractivity contribution in [3.8, 4) is 0 Å². The van der Waals surface area contributed by atoms with Gasteiger partial charge in [-0.2, -0.15) is 0 Å². The van der Waals surface area contributed by atoms with Crippen molar-refractivity contribution in [3.63, 3.8) is 0 Å². The van der Waals surface area contributed by atoms with Crippen molar-refractivity contribution in [2.75, 3.05) is 0 Å². The summed E-state index contributed by atoms with van der Waals surface area (Å²) in [7, 11) is 0. The van der Waals surface area contributed by atoms with Crippen molar-refractivity contribution in [2.45, 2.75) is 20.8 Å². The molecule has 2 nitrogen and oxygen atoms in total. The summed E-state index contributed by atoms with van der Waals surface area (Å²) >= 11 is 0. The molecular formula is C6H13NO. The maximum atomic E-state index is 10.4. The molecule has 0 unspecified atom stereocenters. The van der Waals surface area contributed by atoms with Gasteiger partial charge in [0.15, 0.2) is 0 Å². The van der Waals surface area contributed by atoms with Crippen LogP contribution in [0.3, 0.4) is 0 Å². The van der Waals surface area contributed by atoms with Crippen LogP contribution in [0.1, 0.15) is 20.8 Å². The molecule has 0 heterocycles. The average Bonchev–Trinajstić information content (AvgIpc) is 1.64. The Balaban J connectivity index is 3.64. The summed E-state index contributed by atoms with van der Waals surface area (Å²) < 4.78 is 0. The minimum Gasteiger partial charge on any atom is -0.369 e. The summed E-state index contributed by atoms with van der Waals surface area (Å²) in [5, 5.41) is 0. The SMILES string of the molecule is CC(C)[C@H](C)C(N)=O. The first-order valence-electron chi connectivity index (χ1n) is 2.85. The normalized spacial score (nSPS) is 14.0. The fourth-order valence-electron chi connectivity index (χ4n) is 0.329. The first-order valence-corrected chi connectivity index (χ1v) is 2.85. The lowest BCUT2D eigenvalue weighted by molar-refractivity contribution is -0.122. The van der Waals surface area contributed by atoms with E-state index in [1.807, 2.05) is 20.8 Å². The molecular weight excluding hydrogens is 102 g/mol. The summed E-state index contributed by atoms with van der Waals surface area (Å²) in [6, 6.07) is 0. The summed E-state index contributed by atoms with van der Waals surface area (Å²) in [5.74, 6) is 0.169. The van der Waals surface area contributed by atoms with Gasteiger partial charge in [0.2, 0.25) is 5.91 Å². The Kier molecular flexibility index (Phi) is 2.52. The van der Waals surface area contributed by atoms with E-state index in [9.17, 15) is 4.79 Å². The van der Waals surface area contributed by atoms with Crippen molar-refractivity contribution >= 4 is 5.91 Å². The van der Waals surface area contributed by atoms with Crippen LogP contribution in [0.2, 0.25) is 0 Å². The number of carbonyl (C=O) groups excluding carboxylic acids is 1. The summed E-state index contributed by atoms with van der Waals surface area (Å²) in [5.41, 5.74) is 5.00. The fraction of sp³-hybridized carbons (Fsp3) is 0.833. The topological polar surface area (TPSA) is 43.1 Å². The molecule has 0 aromatic rings. The van der Waals surface area contributed by atoms with Crippen LogP contribution >= 0.6 is 0 Å². The third kappa shape index (κ3) is 1.96. The van der Waals surface area contributed by atoms with Crippen molar-refractivity contribution in [2.24, 2.45) is 17.6 Å². The second-order valence-corrected chi connectivity index (χ2v) is 2.44. The van der Waals surface area contributed by atoms with Gasteiger partial charge in [-0.1, -0.05) is 20.8 Å². The quantitative estimate of drug-likeness (QED) is 0.567. The molecule has 0 saturated heterocycles. The van der Waals surface area contributed by atoms with Crippen LogP contribution in [0, 0.1) is 11.8 Å². The standard InChI is InChI=1S/C6H13NO/c1-4(2)5(3)6(7)8/h4-5H,1-3H3,(H2,7,8)/t5-/m0/s1. The maximum Gasteiger partial charge on any atom is 0.220 e. The third-order valence-electron chi connectivity index (χ3n) is 1.45. The fourth-order valence-corrected chi connectivity index (χ4v) is 0.329. The van der Waals surface area contributed by atoms with Crippen molar-refractivity contribution < 1.29 is 4.79 Å². The van der Waals surface area contributed by atoms with E-state index in [0.29, 0.717) is 5.92 Å². The molecule has 0 aliphatic heterocycles.